The molecule has 13 heteroatoms. The number of piperidine rings is 6. The Bertz CT molecular complexity index is 4990. The SMILES string of the molecule is CC(C)(C)C1C2CN(c3cccc(-c4ccncc4)c3)CC21.CC(C)(C)C1C2CN(c3cccc(-c4cnco4)c3)CC21.CC(C)(C)C1C2CN(c3cccc(-c4ncco4)c3)CC21.Cc1cc(Cl)cc(N2CC3C(C2)C3C(C)(C)C)c1.Cc1ccc(N2CC3C(C2)C3C(C)(C)C)cc1.Cn1ccc(-c2cccc(N3CC4C(C3)C4C(C)(C)C)c2)c1. The van der Waals surface area contributed by atoms with Crippen molar-refractivity contribution >= 4 is 45.7 Å². The number of benzene rings is 6. The first-order valence-electron chi connectivity index (χ1n) is 45.9. The summed E-state index contributed by atoms with van der Waals surface area (Å²) in [5.74, 6) is 18.0. The molecule has 12 unspecified atom stereocenters. The van der Waals surface area contributed by atoms with E-state index in [1.807, 2.05) is 18.5 Å². The quantitative estimate of drug-likeness (QED) is 0.131. The van der Waals surface area contributed by atoms with Gasteiger partial charge in [-0.15, -0.1) is 0 Å². The van der Waals surface area contributed by atoms with Gasteiger partial charge in [0.25, 0.3) is 0 Å². The Morgan fingerprint density at radius 1 is 0.314 bits per heavy atom. The van der Waals surface area contributed by atoms with Gasteiger partial charge in [-0.1, -0.05) is 196 Å². The molecule has 6 aliphatic carbocycles. The Balaban J connectivity index is 0.000000104. The molecule has 12 nitrogen and oxygen atoms in total. The predicted molar refractivity (Wildman–Crippen MR) is 505 cm³/mol. The van der Waals surface area contributed by atoms with Crippen molar-refractivity contribution in [2.45, 2.75) is 138 Å². The molecule has 0 radical (unpaired) electrons. The van der Waals surface area contributed by atoms with E-state index in [1.54, 1.807) is 18.7 Å². The lowest BCUT2D eigenvalue weighted by molar-refractivity contribution is 0.309. The van der Waals surface area contributed by atoms with Crippen molar-refractivity contribution in [1.29, 1.82) is 0 Å². The fourth-order valence-corrected chi connectivity index (χ4v) is 25.5. The lowest BCUT2D eigenvalue weighted by Crippen LogP contribution is -2.27. The Kier molecular flexibility index (Phi) is 22.6. The molecule has 640 valence electrons. The summed E-state index contributed by atoms with van der Waals surface area (Å²) in [6.07, 6.45) is 14.6. The number of halogens is 1. The third-order valence-electron chi connectivity index (χ3n) is 30.4. The molecule has 10 aromatic rings. The van der Waals surface area contributed by atoms with Crippen molar-refractivity contribution in [1.82, 2.24) is 19.5 Å². The number of hydrogen-bond donors (Lipinski definition) is 0. The van der Waals surface area contributed by atoms with Crippen LogP contribution in [-0.2, 0) is 7.05 Å². The monoisotopic (exact) mass is 1640 g/mol. The molecule has 121 heavy (non-hydrogen) atoms. The van der Waals surface area contributed by atoms with Crippen LogP contribution >= 0.6 is 11.6 Å². The normalized spacial score (nSPS) is 28.4. The molecule has 22 rings (SSSR count). The first-order valence-corrected chi connectivity index (χ1v) is 46.3. The number of rotatable bonds is 10. The molecule has 6 aliphatic heterocycles. The van der Waals surface area contributed by atoms with Crippen LogP contribution in [0.25, 0.3) is 45.0 Å². The predicted octanol–water partition coefficient (Wildman–Crippen LogP) is 25.1. The standard InChI is InChI=1S/C20H26N2.C20H24N2.2C18H22N2O.C16H22ClN.C16H23N/c1-20(2,3)19-17-12-22(13-18(17)19)16-7-5-6-14(10-16)15-8-9-21(4)11-15;1-20(2,3)19-17-12-22(13-18(17)19)16-6-4-5-15(11-16)14-7-9-21-10-8-14;1-18(2,3)17-14-9-20(10-15(14)17)13-6-4-5-12(7-13)16-8-19-11-21-16;1-18(2,3)16-14-10-20(11-15(14)16)13-6-4-5-12(9-13)17-19-7-8-21-17;1-10-5-11(17)7-12(6-10)18-8-13-14(9-18)15(13)16(2,3)4;1-11-5-7-12(8-6-11)17-9-13-14(10-17)15(13)16(2,3)4/h5-11,17-19H,12-13H2,1-4H3;4-11,17-19H,12-13H2,1-3H3;4-8,11,14-15,17H,9-10H2,1-3H3;4-9,14-16H,10-11H2,1-3H3;5-7,13-15H,8-9H2,1-4H3;5-8,13-15H,9-10H2,1-4H3. The molecular weight excluding hydrogens is 1500 g/mol. The summed E-state index contributed by atoms with van der Waals surface area (Å²) >= 11 is 6.15. The van der Waals surface area contributed by atoms with Crippen LogP contribution < -0.4 is 29.4 Å². The summed E-state index contributed by atoms with van der Waals surface area (Å²) in [4.78, 5) is 27.6. The maximum Gasteiger partial charge on any atom is 0.225 e. The minimum Gasteiger partial charge on any atom is -0.445 e. The van der Waals surface area contributed by atoms with E-state index < -0.39 is 0 Å². The molecule has 12 atom stereocenters. The zero-order chi connectivity index (χ0) is 85.3. The van der Waals surface area contributed by atoms with Gasteiger partial charge in [-0.2, -0.15) is 0 Å². The highest BCUT2D eigenvalue weighted by molar-refractivity contribution is 6.31. The third-order valence-corrected chi connectivity index (χ3v) is 30.6. The van der Waals surface area contributed by atoms with Gasteiger partial charge in [0.1, 0.15) is 6.26 Å². The Hall–Kier alpha value is -8.74. The van der Waals surface area contributed by atoms with E-state index >= 15 is 0 Å². The molecule has 0 amide bonds. The average molecular weight is 1640 g/mol. The van der Waals surface area contributed by atoms with Crippen LogP contribution in [0, 0.1) is 153 Å². The lowest BCUT2D eigenvalue weighted by Gasteiger charge is -2.27. The first kappa shape index (κ1) is 84.5. The molecule has 0 N–H and O–H groups in total. The minimum absolute atomic E-state index is 0.460. The van der Waals surface area contributed by atoms with E-state index in [1.165, 1.54) is 152 Å². The van der Waals surface area contributed by atoms with E-state index in [0.717, 1.165) is 128 Å². The molecular formula is C108H139ClN10O2. The fraction of sp³-hybridized carbons (Fsp3) is 0.528. The van der Waals surface area contributed by atoms with E-state index in [9.17, 15) is 0 Å². The summed E-state index contributed by atoms with van der Waals surface area (Å²) in [5, 5.41) is 0.859. The van der Waals surface area contributed by atoms with E-state index in [2.05, 4.69) is 358 Å². The maximum absolute atomic E-state index is 6.15. The smallest absolute Gasteiger partial charge is 0.225 e. The Morgan fingerprint density at radius 2 is 0.661 bits per heavy atom. The number of hydrogen-bond acceptors (Lipinski definition) is 11. The minimum atomic E-state index is 0.460. The van der Waals surface area contributed by atoms with E-state index in [4.69, 9.17) is 20.4 Å². The molecule has 6 saturated carbocycles. The van der Waals surface area contributed by atoms with Gasteiger partial charge in [-0.05, 0) is 284 Å². The second kappa shape index (κ2) is 32.4. The van der Waals surface area contributed by atoms with Gasteiger partial charge in [-0.25, -0.2) is 9.97 Å². The highest BCUT2D eigenvalue weighted by Crippen LogP contribution is 2.66. The van der Waals surface area contributed by atoms with Gasteiger partial charge in [0.15, 0.2) is 12.2 Å². The van der Waals surface area contributed by atoms with Crippen LogP contribution in [0.5, 0.6) is 0 Å². The number of pyridine rings is 1. The average Bonchev–Trinajstić information content (AvgIpc) is 1.61. The zero-order valence-electron chi connectivity index (χ0n) is 76.7. The topological polar surface area (TPSA) is 89.3 Å². The van der Waals surface area contributed by atoms with Gasteiger partial charge in [-0.3, -0.25) is 4.98 Å². The van der Waals surface area contributed by atoms with Crippen LogP contribution in [0.3, 0.4) is 0 Å². The summed E-state index contributed by atoms with van der Waals surface area (Å²) < 4.78 is 12.9. The molecule has 6 aromatic carbocycles. The summed E-state index contributed by atoms with van der Waals surface area (Å²) in [5.41, 5.74) is 20.9. The highest BCUT2D eigenvalue weighted by atomic mass is 35.5. The van der Waals surface area contributed by atoms with Crippen molar-refractivity contribution < 1.29 is 8.83 Å². The second-order valence-electron chi connectivity index (χ2n) is 45.3. The number of anilines is 6. The number of aryl methyl sites for hydroxylation is 3. The van der Waals surface area contributed by atoms with Gasteiger partial charge in [0.2, 0.25) is 5.89 Å². The van der Waals surface area contributed by atoms with Crippen molar-refractivity contribution in [2.24, 2.45) is 146 Å². The lowest BCUT2D eigenvalue weighted by atomic mass is 9.87. The zero-order valence-corrected chi connectivity index (χ0v) is 77.4. The summed E-state index contributed by atoms with van der Waals surface area (Å²) in [7, 11) is 2.08. The first-order chi connectivity index (χ1) is 57.4. The number of aromatic nitrogens is 4. The van der Waals surface area contributed by atoms with Gasteiger partial charge < -0.3 is 42.8 Å². The maximum atomic E-state index is 6.15. The summed E-state index contributed by atoms with van der Waals surface area (Å²) in [6.45, 7) is 62.0. The van der Waals surface area contributed by atoms with Gasteiger partial charge in [0.05, 0.1) is 12.4 Å². The van der Waals surface area contributed by atoms with Crippen molar-refractivity contribution in [2.75, 3.05) is 108 Å². The second-order valence-corrected chi connectivity index (χ2v) is 45.7. The summed E-state index contributed by atoms with van der Waals surface area (Å²) in [6, 6.07) is 56.9. The number of oxazole rings is 2. The molecule has 0 bridgehead atoms. The number of nitrogens with zero attached hydrogens (tertiary/aromatic N) is 10. The van der Waals surface area contributed by atoms with Crippen molar-refractivity contribution in [3.8, 4) is 45.0 Å². The van der Waals surface area contributed by atoms with Gasteiger partial charge in [0, 0.05) is 161 Å². The molecule has 6 saturated heterocycles. The van der Waals surface area contributed by atoms with E-state index in [0.29, 0.717) is 38.4 Å². The molecule has 12 fully saturated rings. The molecule has 10 heterocycles. The van der Waals surface area contributed by atoms with Crippen LogP contribution in [0.2, 0.25) is 5.02 Å². The fourth-order valence-electron chi connectivity index (χ4n) is 25.2. The van der Waals surface area contributed by atoms with Crippen LogP contribution in [0.15, 0.2) is 216 Å². The Labute approximate surface area is 730 Å². The highest BCUT2D eigenvalue weighted by Gasteiger charge is 2.64. The number of fused-ring (bicyclic) bond motifs is 6. The van der Waals surface area contributed by atoms with Crippen LogP contribution in [0.4, 0.5) is 34.1 Å². The molecule has 4 aromatic heterocycles. The van der Waals surface area contributed by atoms with E-state index in [-0.39, 0.29) is 0 Å². The Morgan fingerprint density at radius 3 is 1.00 bits per heavy atom. The largest absolute Gasteiger partial charge is 0.445 e. The van der Waals surface area contributed by atoms with Crippen LogP contribution in [-0.4, -0.2) is 98.1 Å². The van der Waals surface area contributed by atoms with Crippen LogP contribution in [0.1, 0.15) is 136 Å². The van der Waals surface area contributed by atoms with Crippen molar-refractivity contribution in [3.63, 3.8) is 0 Å². The molecule has 0 spiro atoms. The van der Waals surface area contributed by atoms with Crippen molar-refractivity contribution in [3.05, 3.63) is 224 Å². The third kappa shape index (κ3) is 18.5. The van der Waals surface area contributed by atoms with Gasteiger partial charge >= 0.3 is 0 Å². The molecule has 12 aliphatic rings.